The van der Waals surface area contributed by atoms with Gasteiger partial charge in [-0.05, 0) is 56.9 Å². The van der Waals surface area contributed by atoms with E-state index >= 15 is 0 Å². The number of aromatic nitrogens is 1. The zero-order valence-corrected chi connectivity index (χ0v) is 22.4. The van der Waals surface area contributed by atoms with Crippen molar-refractivity contribution in [1.82, 2.24) is 9.88 Å². The Labute approximate surface area is 219 Å². The standard InChI is InChI=1S/C30H37N3O4/c1-6-20-9-8-10-21(7-2)28(20)25-16-27(37-22-11-12-23(29(31)35)26(34)15-22)24(19(3)32-25)17-33-13-14-36-30(4,5)18-33/h8-12,15-16,34H,6-7,13-14,17-18H2,1-5H3,(H2,31,35). The van der Waals surface area contributed by atoms with Crippen LogP contribution in [0.15, 0.2) is 42.5 Å². The Morgan fingerprint density at radius 3 is 2.46 bits per heavy atom. The second-order valence-electron chi connectivity index (χ2n) is 10.2. The predicted molar refractivity (Wildman–Crippen MR) is 145 cm³/mol. The minimum Gasteiger partial charge on any atom is -0.507 e. The summed E-state index contributed by atoms with van der Waals surface area (Å²) >= 11 is 0. The van der Waals surface area contributed by atoms with Crippen LogP contribution in [0.3, 0.4) is 0 Å². The quantitative estimate of drug-likeness (QED) is 0.428. The fourth-order valence-electron chi connectivity index (χ4n) is 5.04. The summed E-state index contributed by atoms with van der Waals surface area (Å²) in [6.45, 7) is 13.5. The van der Waals surface area contributed by atoms with E-state index in [9.17, 15) is 9.90 Å². The lowest BCUT2D eigenvalue weighted by atomic mass is 9.94. The highest BCUT2D eigenvalue weighted by Gasteiger charge is 2.28. The van der Waals surface area contributed by atoms with Crippen LogP contribution in [0.2, 0.25) is 0 Å². The number of pyridine rings is 1. The van der Waals surface area contributed by atoms with Gasteiger partial charge in [-0.25, -0.2) is 0 Å². The van der Waals surface area contributed by atoms with E-state index in [1.165, 1.54) is 23.3 Å². The largest absolute Gasteiger partial charge is 0.507 e. The molecule has 1 saturated heterocycles. The predicted octanol–water partition coefficient (Wildman–Crippen LogP) is 5.39. The number of carbonyl (C=O) groups is 1. The molecule has 0 radical (unpaired) electrons. The van der Waals surface area contributed by atoms with Crippen LogP contribution >= 0.6 is 0 Å². The summed E-state index contributed by atoms with van der Waals surface area (Å²) in [5.74, 6) is 0.190. The number of aromatic hydroxyl groups is 1. The molecule has 3 aromatic rings. The Hall–Kier alpha value is -3.42. The van der Waals surface area contributed by atoms with Gasteiger partial charge < -0.3 is 20.3 Å². The first-order chi connectivity index (χ1) is 17.6. The zero-order chi connectivity index (χ0) is 26.7. The van der Waals surface area contributed by atoms with Crippen molar-refractivity contribution in [2.75, 3.05) is 19.7 Å². The molecule has 0 atom stereocenters. The Balaban J connectivity index is 1.81. The number of primary amides is 1. The highest BCUT2D eigenvalue weighted by Crippen LogP contribution is 2.37. The van der Waals surface area contributed by atoms with Gasteiger partial charge in [-0.3, -0.25) is 14.7 Å². The first-order valence-electron chi connectivity index (χ1n) is 12.9. The molecule has 1 fully saturated rings. The van der Waals surface area contributed by atoms with E-state index in [1.54, 1.807) is 6.07 Å². The molecule has 1 aromatic heterocycles. The number of morpholine rings is 1. The molecule has 4 rings (SSSR count). The molecule has 1 aliphatic heterocycles. The number of hydrogen-bond donors (Lipinski definition) is 2. The SMILES string of the molecule is CCc1cccc(CC)c1-c1cc(Oc2ccc(C(N)=O)c(O)c2)c(CN2CCOC(C)(C)C2)c(C)n1. The summed E-state index contributed by atoms with van der Waals surface area (Å²) in [5.41, 5.74) is 11.5. The molecule has 0 aliphatic carbocycles. The van der Waals surface area contributed by atoms with Crippen molar-refractivity contribution in [3.63, 3.8) is 0 Å². The second kappa shape index (κ2) is 10.9. The van der Waals surface area contributed by atoms with Gasteiger partial charge in [0.15, 0.2) is 0 Å². The molecule has 3 N–H and O–H groups in total. The summed E-state index contributed by atoms with van der Waals surface area (Å²) in [4.78, 5) is 19.0. The van der Waals surface area contributed by atoms with Crippen molar-refractivity contribution in [2.45, 2.75) is 59.6 Å². The topological polar surface area (TPSA) is 97.9 Å². The van der Waals surface area contributed by atoms with Gasteiger partial charge in [0, 0.05) is 48.6 Å². The molecular formula is C30H37N3O4. The fourth-order valence-corrected chi connectivity index (χ4v) is 5.04. The van der Waals surface area contributed by atoms with Crippen molar-refractivity contribution in [3.05, 3.63) is 70.4 Å². The molecule has 2 aromatic carbocycles. The van der Waals surface area contributed by atoms with Crippen LogP contribution in [0.1, 0.15) is 60.4 Å². The Morgan fingerprint density at radius 2 is 1.86 bits per heavy atom. The molecule has 0 unspecified atom stereocenters. The van der Waals surface area contributed by atoms with Gasteiger partial charge in [0.05, 0.1) is 23.5 Å². The maximum absolute atomic E-state index is 11.6. The second-order valence-corrected chi connectivity index (χ2v) is 10.2. The lowest BCUT2D eigenvalue weighted by molar-refractivity contribution is -0.0884. The summed E-state index contributed by atoms with van der Waals surface area (Å²) in [6.07, 6.45) is 1.79. The molecular weight excluding hydrogens is 466 g/mol. The number of phenols is 1. The molecule has 0 spiro atoms. The summed E-state index contributed by atoms with van der Waals surface area (Å²) < 4.78 is 12.3. The van der Waals surface area contributed by atoms with Gasteiger partial charge in [-0.1, -0.05) is 32.0 Å². The third-order valence-corrected chi connectivity index (χ3v) is 6.89. The smallest absolute Gasteiger partial charge is 0.252 e. The van der Waals surface area contributed by atoms with E-state index in [4.69, 9.17) is 20.2 Å². The lowest BCUT2D eigenvalue weighted by Crippen LogP contribution is -2.47. The van der Waals surface area contributed by atoms with Gasteiger partial charge in [-0.2, -0.15) is 0 Å². The van der Waals surface area contributed by atoms with Crippen molar-refractivity contribution < 1.29 is 19.4 Å². The molecule has 7 heteroatoms. The third kappa shape index (κ3) is 5.95. The molecule has 7 nitrogen and oxygen atoms in total. The van der Waals surface area contributed by atoms with Crippen molar-refractivity contribution in [2.24, 2.45) is 5.73 Å². The van der Waals surface area contributed by atoms with Crippen molar-refractivity contribution in [3.8, 4) is 28.5 Å². The number of benzene rings is 2. The zero-order valence-electron chi connectivity index (χ0n) is 22.4. The Bertz CT molecular complexity index is 1280. The van der Waals surface area contributed by atoms with E-state index in [0.29, 0.717) is 24.7 Å². The van der Waals surface area contributed by atoms with Crippen LogP contribution in [0, 0.1) is 6.92 Å². The molecule has 1 amide bonds. The summed E-state index contributed by atoms with van der Waals surface area (Å²) in [5, 5.41) is 10.3. The van der Waals surface area contributed by atoms with Crippen molar-refractivity contribution in [1.29, 1.82) is 0 Å². The van der Waals surface area contributed by atoms with Gasteiger partial charge in [0.25, 0.3) is 5.91 Å². The highest BCUT2D eigenvalue weighted by atomic mass is 16.5. The molecule has 1 aliphatic rings. The first kappa shape index (κ1) is 26.6. The minimum absolute atomic E-state index is 0.0548. The lowest BCUT2D eigenvalue weighted by Gasteiger charge is -2.38. The first-order valence-corrected chi connectivity index (χ1v) is 12.9. The Morgan fingerprint density at radius 1 is 1.16 bits per heavy atom. The molecule has 0 saturated carbocycles. The van der Waals surface area contributed by atoms with Gasteiger partial charge in [0.2, 0.25) is 0 Å². The Kier molecular flexibility index (Phi) is 7.85. The number of amides is 1. The number of ether oxygens (including phenoxy) is 2. The van der Waals surface area contributed by atoms with E-state index < -0.39 is 5.91 Å². The fraction of sp³-hybridized carbons (Fsp3) is 0.400. The van der Waals surface area contributed by atoms with Crippen LogP contribution < -0.4 is 10.5 Å². The van der Waals surface area contributed by atoms with Gasteiger partial charge in [0.1, 0.15) is 17.2 Å². The van der Waals surface area contributed by atoms with E-state index in [1.807, 2.05) is 13.0 Å². The van der Waals surface area contributed by atoms with E-state index in [-0.39, 0.29) is 16.9 Å². The molecule has 196 valence electrons. The van der Waals surface area contributed by atoms with Gasteiger partial charge in [-0.15, -0.1) is 0 Å². The van der Waals surface area contributed by atoms with E-state index in [2.05, 4.69) is 50.8 Å². The molecule has 37 heavy (non-hydrogen) atoms. The average Bonchev–Trinajstić information content (AvgIpc) is 2.84. The average molecular weight is 504 g/mol. The maximum atomic E-state index is 11.6. The highest BCUT2D eigenvalue weighted by molar-refractivity contribution is 5.95. The van der Waals surface area contributed by atoms with Crippen LogP contribution in [-0.4, -0.2) is 46.2 Å². The maximum Gasteiger partial charge on any atom is 0.252 e. The van der Waals surface area contributed by atoms with E-state index in [0.717, 1.165) is 48.4 Å². The number of aryl methyl sites for hydroxylation is 3. The van der Waals surface area contributed by atoms with Crippen LogP contribution in [-0.2, 0) is 24.1 Å². The third-order valence-electron chi connectivity index (χ3n) is 6.89. The monoisotopic (exact) mass is 503 g/mol. The number of rotatable bonds is 8. The molecule has 0 bridgehead atoms. The summed E-state index contributed by atoms with van der Waals surface area (Å²) in [6, 6.07) is 13.0. The van der Waals surface area contributed by atoms with Crippen LogP contribution in [0.5, 0.6) is 17.2 Å². The molecule has 2 heterocycles. The van der Waals surface area contributed by atoms with Crippen molar-refractivity contribution >= 4 is 5.91 Å². The van der Waals surface area contributed by atoms with Gasteiger partial charge >= 0.3 is 0 Å². The van der Waals surface area contributed by atoms with Crippen LogP contribution in [0.4, 0.5) is 0 Å². The minimum atomic E-state index is -0.690. The summed E-state index contributed by atoms with van der Waals surface area (Å²) in [7, 11) is 0. The van der Waals surface area contributed by atoms with Crippen LogP contribution in [0.25, 0.3) is 11.3 Å². The normalized spacial score (nSPS) is 15.5. The number of hydrogen-bond acceptors (Lipinski definition) is 6. The number of nitrogens with zero attached hydrogens (tertiary/aromatic N) is 2. The number of carbonyl (C=O) groups excluding carboxylic acids is 1. The number of nitrogens with two attached hydrogens (primary N) is 1.